The summed E-state index contributed by atoms with van der Waals surface area (Å²) in [5.41, 5.74) is 4.01. The van der Waals surface area contributed by atoms with Crippen LogP contribution in [0.25, 0.3) is 10.9 Å². The number of anilines is 2. The molecule has 1 aromatic heterocycles. The van der Waals surface area contributed by atoms with Gasteiger partial charge >= 0.3 is 12.1 Å². The van der Waals surface area contributed by atoms with Crippen LogP contribution in [0.5, 0.6) is 0 Å². The number of amides is 1. The molecule has 1 amide bonds. The second-order valence-corrected chi connectivity index (χ2v) is 11.2. The molecule has 11 heteroatoms. The number of aromatic nitrogens is 1. The number of fused-ring (bicyclic) bond motifs is 1. The third kappa shape index (κ3) is 11.4. The fourth-order valence-corrected chi connectivity index (χ4v) is 5.10. The lowest BCUT2D eigenvalue weighted by molar-refractivity contribution is -0.164. The number of esters is 1. The van der Waals surface area contributed by atoms with Gasteiger partial charge in [-0.2, -0.15) is 0 Å². The van der Waals surface area contributed by atoms with Crippen LogP contribution in [0.2, 0.25) is 5.02 Å². The standard InChI is InChI=1S/C31H39Cl3N4O4/c1-22(37-28-14-18-35-29-21-25(34)10-13-27(28)29)5-4-17-36-31(40)42-23(2)41-30(39)7-3-6-24-8-11-26(12-9-24)38(19-15-32)20-16-33/h8-14,18,21-23H,3-7,15-17,19-20H2,1-2H3,(H,35,37)(H,36,40). The number of halogens is 3. The minimum absolute atomic E-state index is 0.170. The zero-order valence-corrected chi connectivity index (χ0v) is 26.4. The van der Waals surface area contributed by atoms with Crippen molar-refractivity contribution in [3.63, 3.8) is 0 Å². The van der Waals surface area contributed by atoms with Crippen LogP contribution in [0.3, 0.4) is 0 Å². The summed E-state index contributed by atoms with van der Waals surface area (Å²) in [5, 5.41) is 7.85. The number of hydrogen-bond donors (Lipinski definition) is 2. The minimum Gasteiger partial charge on any atom is -0.425 e. The summed E-state index contributed by atoms with van der Waals surface area (Å²) in [5.74, 6) is 0.654. The zero-order valence-electron chi connectivity index (χ0n) is 24.1. The smallest absolute Gasteiger partial charge is 0.410 e. The van der Waals surface area contributed by atoms with Crippen LogP contribution >= 0.6 is 34.8 Å². The summed E-state index contributed by atoms with van der Waals surface area (Å²) >= 11 is 17.8. The van der Waals surface area contributed by atoms with Crippen molar-refractivity contribution in [3.05, 3.63) is 65.3 Å². The average molecular weight is 638 g/mol. The molecule has 2 atom stereocenters. The Balaban J connectivity index is 1.28. The van der Waals surface area contributed by atoms with Crippen LogP contribution in [0.15, 0.2) is 54.7 Å². The van der Waals surface area contributed by atoms with Crippen molar-refractivity contribution in [2.45, 2.75) is 58.3 Å². The number of carbonyl (C=O) groups is 2. The third-order valence-corrected chi connectivity index (χ3v) is 7.19. The Hall–Kier alpha value is -2.94. The number of pyridine rings is 1. The molecule has 0 radical (unpaired) electrons. The highest BCUT2D eigenvalue weighted by Gasteiger charge is 2.14. The fraction of sp³-hybridized carbons (Fsp3) is 0.452. The summed E-state index contributed by atoms with van der Waals surface area (Å²) < 4.78 is 10.4. The predicted octanol–water partition coefficient (Wildman–Crippen LogP) is 7.39. The number of ether oxygens (including phenoxy) is 2. The molecule has 1 heterocycles. The number of rotatable bonds is 17. The van der Waals surface area contributed by atoms with Crippen molar-refractivity contribution in [2.75, 3.05) is 41.6 Å². The number of hydrogen-bond acceptors (Lipinski definition) is 7. The summed E-state index contributed by atoms with van der Waals surface area (Å²) in [6.45, 7) is 5.51. The zero-order chi connectivity index (χ0) is 30.3. The quantitative estimate of drug-likeness (QED) is 0.0690. The summed E-state index contributed by atoms with van der Waals surface area (Å²) in [7, 11) is 0. The molecule has 2 N–H and O–H groups in total. The van der Waals surface area contributed by atoms with E-state index in [1.807, 2.05) is 48.5 Å². The highest BCUT2D eigenvalue weighted by atomic mass is 35.5. The largest absolute Gasteiger partial charge is 0.425 e. The van der Waals surface area contributed by atoms with E-state index in [-0.39, 0.29) is 12.5 Å². The van der Waals surface area contributed by atoms with Gasteiger partial charge in [0, 0.05) is 78.8 Å². The van der Waals surface area contributed by atoms with Gasteiger partial charge < -0.3 is 25.0 Å². The van der Waals surface area contributed by atoms with Crippen molar-refractivity contribution in [3.8, 4) is 0 Å². The van der Waals surface area contributed by atoms with E-state index in [1.54, 1.807) is 6.20 Å². The van der Waals surface area contributed by atoms with E-state index < -0.39 is 18.4 Å². The Morgan fingerprint density at radius 2 is 1.71 bits per heavy atom. The van der Waals surface area contributed by atoms with Crippen molar-refractivity contribution in [2.24, 2.45) is 0 Å². The lowest BCUT2D eigenvalue weighted by Crippen LogP contribution is -2.31. The molecule has 0 aliphatic heterocycles. The van der Waals surface area contributed by atoms with Crippen LogP contribution in [0.1, 0.15) is 45.1 Å². The van der Waals surface area contributed by atoms with Crippen molar-refractivity contribution >= 4 is 69.1 Å². The topological polar surface area (TPSA) is 92.8 Å². The van der Waals surface area contributed by atoms with Gasteiger partial charge in [-0.15, -0.1) is 23.2 Å². The molecule has 0 saturated carbocycles. The molecule has 0 aliphatic rings. The Morgan fingerprint density at radius 1 is 0.976 bits per heavy atom. The predicted molar refractivity (Wildman–Crippen MR) is 172 cm³/mol. The first-order valence-corrected chi connectivity index (χ1v) is 15.6. The molecule has 2 aromatic carbocycles. The second-order valence-electron chi connectivity index (χ2n) is 9.98. The molecule has 8 nitrogen and oxygen atoms in total. The van der Waals surface area contributed by atoms with Gasteiger partial charge in [0.15, 0.2) is 0 Å². The van der Waals surface area contributed by atoms with E-state index >= 15 is 0 Å². The minimum atomic E-state index is -0.972. The van der Waals surface area contributed by atoms with E-state index in [9.17, 15) is 9.59 Å². The van der Waals surface area contributed by atoms with Crippen molar-refractivity contribution < 1.29 is 19.1 Å². The maximum atomic E-state index is 12.2. The SMILES string of the molecule is CC(CCCNC(=O)OC(C)OC(=O)CCCc1ccc(N(CCCl)CCCl)cc1)Nc1ccnc2cc(Cl)ccc12. The summed E-state index contributed by atoms with van der Waals surface area (Å²) in [6.07, 6.45) is 3.31. The van der Waals surface area contributed by atoms with E-state index in [0.717, 1.165) is 60.2 Å². The van der Waals surface area contributed by atoms with Crippen LogP contribution < -0.4 is 15.5 Å². The Labute approximate surface area is 263 Å². The number of benzene rings is 2. The molecule has 0 aliphatic carbocycles. The fourth-order valence-electron chi connectivity index (χ4n) is 4.53. The van der Waals surface area contributed by atoms with Gasteiger partial charge in [0.2, 0.25) is 6.29 Å². The maximum absolute atomic E-state index is 12.2. The molecule has 42 heavy (non-hydrogen) atoms. The first kappa shape index (κ1) is 33.6. The second kappa shape index (κ2) is 17.9. The normalized spacial score (nSPS) is 12.4. The molecule has 0 bridgehead atoms. The highest BCUT2D eigenvalue weighted by Crippen LogP contribution is 2.25. The molecule has 228 valence electrons. The highest BCUT2D eigenvalue weighted by molar-refractivity contribution is 6.31. The Morgan fingerprint density at radius 3 is 2.43 bits per heavy atom. The molecule has 2 unspecified atom stereocenters. The number of alkyl carbamates (subject to hydrolysis) is 1. The van der Waals surface area contributed by atoms with Gasteiger partial charge in [0.1, 0.15) is 0 Å². The molecular weight excluding hydrogens is 599 g/mol. The Bertz CT molecular complexity index is 1270. The molecule has 0 saturated heterocycles. The molecule has 3 aromatic rings. The van der Waals surface area contributed by atoms with E-state index in [1.165, 1.54) is 6.92 Å². The van der Waals surface area contributed by atoms with Gasteiger partial charge in [0.25, 0.3) is 0 Å². The Kier molecular flexibility index (Phi) is 14.3. The number of nitrogens with one attached hydrogen (secondary N) is 2. The van der Waals surface area contributed by atoms with Gasteiger partial charge in [-0.25, -0.2) is 4.79 Å². The number of alkyl halides is 2. The summed E-state index contributed by atoms with van der Waals surface area (Å²) in [6, 6.07) is 15.9. The first-order valence-electron chi connectivity index (χ1n) is 14.2. The lowest BCUT2D eigenvalue weighted by Gasteiger charge is -2.23. The van der Waals surface area contributed by atoms with Crippen molar-refractivity contribution in [1.82, 2.24) is 10.3 Å². The van der Waals surface area contributed by atoms with Crippen LogP contribution in [-0.2, 0) is 20.7 Å². The van der Waals surface area contributed by atoms with Gasteiger partial charge in [-0.3, -0.25) is 9.78 Å². The number of aryl methyl sites for hydroxylation is 1. The molecule has 0 spiro atoms. The summed E-state index contributed by atoms with van der Waals surface area (Å²) in [4.78, 5) is 30.8. The monoisotopic (exact) mass is 636 g/mol. The number of nitrogens with zero attached hydrogens (tertiary/aromatic N) is 2. The van der Waals surface area contributed by atoms with Crippen molar-refractivity contribution in [1.29, 1.82) is 0 Å². The van der Waals surface area contributed by atoms with Crippen LogP contribution in [0, 0.1) is 0 Å². The third-order valence-electron chi connectivity index (χ3n) is 6.62. The van der Waals surface area contributed by atoms with Crippen LogP contribution in [0.4, 0.5) is 16.2 Å². The number of carbonyl (C=O) groups excluding carboxylic acids is 2. The molecule has 0 fully saturated rings. The molecule has 3 rings (SSSR count). The van der Waals surface area contributed by atoms with Gasteiger partial charge in [-0.1, -0.05) is 23.7 Å². The van der Waals surface area contributed by atoms with Gasteiger partial charge in [0.05, 0.1) is 5.52 Å². The molecular formula is C31H39Cl3N4O4. The van der Waals surface area contributed by atoms with Crippen LogP contribution in [-0.4, -0.2) is 60.8 Å². The maximum Gasteiger partial charge on any atom is 0.410 e. The van der Waals surface area contributed by atoms with Gasteiger partial charge in [-0.05, 0) is 74.6 Å². The first-order chi connectivity index (χ1) is 20.3. The van der Waals surface area contributed by atoms with E-state index in [2.05, 4.69) is 27.4 Å². The average Bonchev–Trinajstić information content (AvgIpc) is 2.95. The van der Waals surface area contributed by atoms with E-state index in [4.69, 9.17) is 44.3 Å². The van der Waals surface area contributed by atoms with E-state index in [0.29, 0.717) is 29.7 Å². The lowest BCUT2D eigenvalue weighted by atomic mass is 10.1.